The number of benzene rings is 3. The van der Waals surface area contributed by atoms with Crippen molar-refractivity contribution in [1.82, 2.24) is 0 Å². The molecule has 150 valence electrons. The Morgan fingerprint density at radius 3 is 2.37 bits per heavy atom. The molecule has 3 aromatic carbocycles. The number of para-hydroxylation sites is 2. The molecular formula is C23H15F3N2O2. The molecule has 0 radical (unpaired) electrons. The van der Waals surface area contributed by atoms with E-state index in [0.29, 0.717) is 17.1 Å². The molecular weight excluding hydrogens is 393 g/mol. The standard InChI is InChI=1S/C23H15F3N2O2/c24-23(25,26)18-8-6-9-19(14-18)28-22(29)17(15-27)13-16-7-4-5-12-21(16)30-20-10-2-1-3-11-20/h1-14H,(H,28,29). The third-order valence-corrected chi connectivity index (χ3v) is 4.00. The molecule has 3 rings (SSSR count). The first-order valence-electron chi connectivity index (χ1n) is 8.79. The number of nitrogens with one attached hydrogen (secondary N) is 1. The van der Waals surface area contributed by atoms with E-state index in [4.69, 9.17) is 4.74 Å². The van der Waals surface area contributed by atoms with Crippen LogP contribution in [0.15, 0.2) is 84.4 Å². The van der Waals surface area contributed by atoms with Gasteiger partial charge in [-0.2, -0.15) is 18.4 Å². The zero-order valence-corrected chi connectivity index (χ0v) is 15.5. The molecule has 0 aliphatic carbocycles. The number of carbonyl (C=O) groups excluding carboxylic acids is 1. The fraction of sp³-hybridized carbons (Fsp3) is 0.0435. The maximum Gasteiger partial charge on any atom is 0.416 e. The minimum atomic E-state index is -4.54. The normalized spacial score (nSPS) is 11.5. The second-order valence-corrected chi connectivity index (χ2v) is 6.16. The van der Waals surface area contributed by atoms with Gasteiger partial charge >= 0.3 is 6.18 Å². The van der Waals surface area contributed by atoms with Crippen molar-refractivity contribution in [3.63, 3.8) is 0 Å². The Kier molecular flexibility index (Phi) is 6.18. The number of nitrogens with zero attached hydrogens (tertiary/aromatic N) is 1. The van der Waals surface area contributed by atoms with Gasteiger partial charge in [0.05, 0.1) is 5.56 Å². The van der Waals surface area contributed by atoms with Crippen LogP contribution >= 0.6 is 0 Å². The summed E-state index contributed by atoms with van der Waals surface area (Å²) in [4.78, 5) is 12.5. The van der Waals surface area contributed by atoms with Crippen LogP contribution in [-0.2, 0) is 11.0 Å². The fourth-order valence-corrected chi connectivity index (χ4v) is 2.58. The van der Waals surface area contributed by atoms with Crippen LogP contribution in [0.25, 0.3) is 6.08 Å². The van der Waals surface area contributed by atoms with Crippen LogP contribution < -0.4 is 10.1 Å². The van der Waals surface area contributed by atoms with E-state index in [-0.39, 0.29) is 11.3 Å². The summed E-state index contributed by atoms with van der Waals surface area (Å²) in [6, 6.07) is 21.7. The molecule has 3 aromatic rings. The van der Waals surface area contributed by atoms with Crippen molar-refractivity contribution in [3.05, 3.63) is 95.6 Å². The molecule has 0 atom stereocenters. The number of anilines is 1. The van der Waals surface area contributed by atoms with Gasteiger partial charge in [0.1, 0.15) is 23.1 Å². The van der Waals surface area contributed by atoms with E-state index in [1.54, 1.807) is 54.6 Å². The molecule has 0 saturated heterocycles. The molecule has 0 aliphatic heterocycles. The molecule has 30 heavy (non-hydrogen) atoms. The minimum absolute atomic E-state index is 0.0650. The quantitative estimate of drug-likeness (QED) is 0.413. The van der Waals surface area contributed by atoms with Crippen molar-refractivity contribution in [2.45, 2.75) is 6.18 Å². The average molecular weight is 408 g/mol. The Hall–Kier alpha value is -4.05. The van der Waals surface area contributed by atoms with Gasteiger partial charge in [0.2, 0.25) is 0 Å². The van der Waals surface area contributed by atoms with Gasteiger partial charge in [0.15, 0.2) is 0 Å². The van der Waals surface area contributed by atoms with Crippen molar-refractivity contribution in [2.75, 3.05) is 5.32 Å². The molecule has 0 fully saturated rings. The fourth-order valence-electron chi connectivity index (χ4n) is 2.58. The minimum Gasteiger partial charge on any atom is -0.457 e. The van der Waals surface area contributed by atoms with E-state index in [9.17, 15) is 23.2 Å². The number of rotatable bonds is 5. The van der Waals surface area contributed by atoms with E-state index in [2.05, 4.69) is 5.32 Å². The summed E-state index contributed by atoms with van der Waals surface area (Å²) in [6.07, 6.45) is -3.22. The smallest absolute Gasteiger partial charge is 0.416 e. The molecule has 0 spiro atoms. The number of alkyl halides is 3. The third-order valence-electron chi connectivity index (χ3n) is 4.00. The van der Waals surface area contributed by atoms with E-state index in [0.717, 1.165) is 12.1 Å². The van der Waals surface area contributed by atoms with E-state index in [1.807, 2.05) is 6.07 Å². The van der Waals surface area contributed by atoms with Gasteiger partial charge in [-0.15, -0.1) is 0 Å². The van der Waals surface area contributed by atoms with Crippen LogP contribution in [0.3, 0.4) is 0 Å². The highest BCUT2D eigenvalue weighted by Crippen LogP contribution is 2.31. The van der Waals surface area contributed by atoms with Crippen molar-refractivity contribution in [1.29, 1.82) is 5.26 Å². The highest BCUT2D eigenvalue weighted by atomic mass is 19.4. The second-order valence-electron chi connectivity index (χ2n) is 6.16. The summed E-state index contributed by atoms with van der Waals surface area (Å²) in [5.74, 6) is 0.167. The van der Waals surface area contributed by atoms with Crippen LogP contribution in [0.1, 0.15) is 11.1 Å². The Balaban J connectivity index is 1.84. The lowest BCUT2D eigenvalue weighted by molar-refractivity contribution is -0.137. The van der Waals surface area contributed by atoms with Crippen molar-refractivity contribution in [3.8, 4) is 17.6 Å². The van der Waals surface area contributed by atoms with Crippen molar-refractivity contribution < 1.29 is 22.7 Å². The number of hydrogen-bond donors (Lipinski definition) is 1. The van der Waals surface area contributed by atoms with E-state index >= 15 is 0 Å². The zero-order chi connectivity index (χ0) is 21.6. The Labute approximate surface area is 170 Å². The summed E-state index contributed by atoms with van der Waals surface area (Å²) in [6.45, 7) is 0. The number of nitriles is 1. The van der Waals surface area contributed by atoms with Gasteiger partial charge in [-0.25, -0.2) is 0 Å². The van der Waals surface area contributed by atoms with Crippen LogP contribution in [0.5, 0.6) is 11.5 Å². The van der Waals surface area contributed by atoms with Gasteiger partial charge in [-0.05, 0) is 42.5 Å². The van der Waals surface area contributed by atoms with Gasteiger partial charge < -0.3 is 10.1 Å². The monoisotopic (exact) mass is 408 g/mol. The van der Waals surface area contributed by atoms with Crippen LogP contribution in [0.4, 0.5) is 18.9 Å². The van der Waals surface area contributed by atoms with E-state index in [1.165, 1.54) is 18.2 Å². The molecule has 0 heterocycles. The third kappa shape index (κ3) is 5.26. The molecule has 4 nitrogen and oxygen atoms in total. The molecule has 0 aliphatic rings. The highest BCUT2D eigenvalue weighted by molar-refractivity contribution is 6.09. The first-order valence-corrected chi connectivity index (χ1v) is 8.79. The number of carbonyl (C=O) groups is 1. The van der Waals surface area contributed by atoms with Crippen LogP contribution in [0.2, 0.25) is 0 Å². The summed E-state index contributed by atoms with van der Waals surface area (Å²) in [5, 5.41) is 11.7. The lowest BCUT2D eigenvalue weighted by Gasteiger charge is -2.10. The van der Waals surface area contributed by atoms with Gasteiger partial charge in [0.25, 0.3) is 5.91 Å². The topological polar surface area (TPSA) is 62.1 Å². The van der Waals surface area contributed by atoms with Crippen LogP contribution in [0, 0.1) is 11.3 Å². The largest absolute Gasteiger partial charge is 0.457 e. The van der Waals surface area contributed by atoms with Gasteiger partial charge in [0, 0.05) is 11.3 Å². The summed E-state index contributed by atoms with van der Waals surface area (Å²) in [7, 11) is 0. The lowest BCUT2D eigenvalue weighted by atomic mass is 10.1. The molecule has 0 aromatic heterocycles. The number of halogens is 3. The highest BCUT2D eigenvalue weighted by Gasteiger charge is 2.30. The Morgan fingerprint density at radius 1 is 0.967 bits per heavy atom. The lowest BCUT2D eigenvalue weighted by Crippen LogP contribution is -2.14. The van der Waals surface area contributed by atoms with Crippen molar-refractivity contribution >= 4 is 17.7 Å². The molecule has 1 amide bonds. The zero-order valence-electron chi connectivity index (χ0n) is 15.5. The molecule has 1 N–H and O–H groups in total. The first-order chi connectivity index (χ1) is 14.4. The molecule has 7 heteroatoms. The summed E-state index contributed by atoms with van der Waals surface area (Å²) in [5.41, 5.74) is -0.775. The van der Waals surface area contributed by atoms with Gasteiger partial charge in [-0.1, -0.05) is 42.5 Å². The molecule has 0 bridgehead atoms. The van der Waals surface area contributed by atoms with E-state index < -0.39 is 17.6 Å². The Bertz CT molecular complexity index is 1120. The first kappa shape index (κ1) is 20.7. The van der Waals surface area contributed by atoms with Crippen molar-refractivity contribution in [2.24, 2.45) is 0 Å². The van der Waals surface area contributed by atoms with Crippen LogP contribution in [-0.4, -0.2) is 5.91 Å². The Morgan fingerprint density at radius 2 is 1.67 bits per heavy atom. The summed E-state index contributed by atoms with van der Waals surface area (Å²) < 4.78 is 44.3. The second kappa shape index (κ2) is 8.97. The SMILES string of the molecule is N#CC(=Cc1ccccc1Oc1ccccc1)C(=O)Nc1cccc(C(F)(F)F)c1. The summed E-state index contributed by atoms with van der Waals surface area (Å²) >= 11 is 0. The molecule has 0 unspecified atom stereocenters. The maximum absolute atomic E-state index is 12.9. The van der Waals surface area contributed by atoms with Gasteiger partial charge in [-0.3, -0.25) is 4.79 Å². The molecule has 0 saturated carbocycles. The average Bonchev–Trinajstić information content (AvgIpc) is 2.73. The number of hydrogen-bond acceptors (Lipinski definition) is 3. The number of ether oxygens (including phenoxy) is 1. The maximum atomic E-state index is 12.9. The predicted molar refractivity (Wildman–Crippen MR) is 107 cm³/mol. The predicted octanol–water partition coefficient (Wildman–Crippen LogP) is 6.04. The number of amides is 1.